The highest BCUT2D eigenvalue weighted by molar-refractivity contribution is 7.91. The van der Waals surface area contributed by atoms with E-state index in [2.05, 4.69) is 10.2 Å². The molecular formula is C10H7ClN2O2S. The molecular weight excluding hydrogens is 248 g/mol. The molecule has 0 aliphatic rings. The summed E-state index contributed by atoms with van der Waals surface area (Å²) in [6, 6.07) is 10.8. The highest BCUT2D eigenvalue weighted by Crippen LogP contribution is 2.18. The molecule has 0 N–H and O–H groups in total. The van der Waals surface area contributed by atoms with Gasteiger partial charge in [-0.1, -0.05) is 29.8 Å². The first kappa shape index (κ1) is 11.0. The van der Waals surface area contributed by atoms with Crippen molar-refractivity contribution in [1.29, 1.82) is 0 Å². The van der Waals surface area contributed by atoms with E-state index in [0.717, 1.165) is 0 Å². The third kappa shape index (κ3) is 2.05. The second-order valence-electron chi connectivity index (χ2n) is 3.01. The zero-order chi connectivity index (χ0) is 11.6. The van der Waals surface area contributed by atoms with Crippen molar-refractivity contribution in [3.05, 3.63) is 47.6 Å². The highest BCUT2D eigenvalue weighted by atomic mass is 35.5. The summed E-state index contributed by atoms with van der Waals surface area (Å²) in [7, 11) is -3.59. The summed E-state index contributed by atoms with van der Waals surface area (Å²) in [4.78, 5) is 0.187. The van der Waals surface area contributed by atoms with Crippen LogP contribution in [-0.2, 0) is 9.84 Å². The first-order valence-corrected chi connectivity index (χ1v) is 6.26. The zero-order valence-corrected chi connectivity index (χ0v) is 9.61. The van der Waals surface area contributed by atoms with E-state index in [1.54, 1.807) is 18.2 Å². The molecule has 4 nitrogen and oxygen atoms in total. The molecule has 0 unspecified atom stereocenters. The van der Waals surface area contributed by atoms with Gasteiger partial charge in [-0.3, -0.25) is 0 Å². The number of benzene rings is 1. The number of halogens is 1. The van der Waals surface area contributed by atoms with Crippen LogP contribution < -0.4 is 0 Å². The van der Waals surface area contributed by atoms with Crippen LogP contribution in [0.3, 0.4) is 0 Å². The standard InChI is InChI=1S/C10H7ClN2O2S/c11-9-6-7-10(13-12-9)16(14,15)8-4-2-1-3-5-8/h1-7H. The van der Waals surface area contributed by atoms with Gasteiger partial charge in [0.05, 0.1) is 4.90 Å². The number of rotatable bonds is 2. The van der Waals surface area contributed by atoms with Gasteiger partial charge in [0.1, 0.15) is 0 Å². The maximum atomic E-state index is 12.0. The first-order chi connectivity index (χ1) is 7.60. The molecule has 0 saturated carbocycles. The minimum absolute atomic E-state index is 0.108. The molecule has 0 aliphatic heterocycles. The summed E-state index contributed by atoms with van der Waals surface area (Å²) in [5.74, 6) is 0. The van der Waals surface area contributed by atoms with Crippen LogP contribution in [0.25, 0.3) is 0 Å². The largest absolute Gasteiger partial charge is 0.225 e. The Morgan fingerprint density at radius 1 is 0.938 bits per heavy atom. The molecule has 0 atom stereocenters. The fourth-order valence-electron chi connectivity index (χ4n) is 1.17. The van der Waals surface area contributed by atoms with Crippen molar-refractivity contribution in [3.63, 3.8) is 0 Å². The third-order valence-electron chi connectivity index (χ3n) is 1.94. The van der Waals surface area contributed by atoms with Crippen molar-refractivity contribution in [1.82, 2.24) is 10.2 Å². The Labute approximate surface area is 97.8 Å². The molecule has 1 aromatic carbocycles. The van der Waals surface area contributed by atoms with Crippen LogP contribution in [-0.4, -0.2) is 18.6 Å². The Morgan fingerprint density at radius 3 is 2.19 bits per heavy atom. The lowest BCUT2D eigenvalue weighted by Crippen LogP contribution is -2.05. The number of hydrogen-bond acceptors (Lipinski definition) is 4. The molecule has 82 valence electrons. The van der Waals surface area contributed by atoms with Crippen molar-refractivity contribution in [2.45, 2.75) is 9.92 Å². The summed E-state index contributed by atoms with van der Waals surface area (Å²) in [5, 5.41) is 7.11. The molecule has 0 radical (unpaired) electrons. The average Bonchev–Trinajstić information content (AvgIpc) is 2.31. The van der Waals surface area contributed by atoms with Crippen molar-refractivity contribution >= 4 is 21.4 Å². The van der Waals surface area contributed by atoms with Crippen LogP contribution in [0.1, 0.15) is 0 Å². The van der Waals surface area contributed by atoms with Crippen LogP contribution in [0.4, 0.5) is 0 Å². The van der Waals surface area contributed by atoms with Crippen LogP contribution in [0, 0.1) is 0 Å². The van der Waals surface area contributed by atoms with E-state index < -0.39 is 9.84 Å². The predicted octanol–water partition coefficient (Wildman–Crippen LogP) is 1.96. The quantitative estimate of drug-likeness (QED) is 0.822. The van der Waals surface area contributed by atoms with Gasteiger partial charge in [-0.15, -0.1) is 10.2 Å². The predicted molar refractivity (Wildman–Crippen MR) is 58.9 cm³/mol. The maximum absolute atomic E-state index is 12.0. The van der Waals surface area contributed by atoms with E-state index in [4.69, 9.17) is 11.6 Å². The first-order valence-electron chi connectivity index (χ1n) is 4.40. The van der Waals surface area contributed by atoms with Gasteiger partial charge in [0, 0.05) is 0 Å². The van der Waals surface area contributed by atoms with Crippen LogP contribution in [0.2, 0.25) is 5.15 Å². The maximum Gasteiger partial charge on any atom is 0.225 e. The van der Waals surface area contributed by atoms with Crippen LogP contribution in [0.5, 0.6) is 0 Å². The monoisotopic (exact) mass is 254 g/mol. The number of aromatic nitrogens is 2. The number of hydrogen-bond donors (Lipinski definition) is 0. The third-order valence-corrected chi connectivity index (χ3v) is 3.80. The lowest BCUT2D eigenvalue weighted by Gasteiger charge is -2.01. The molecule has 2 rings (SSSR count). The Bertz CT molecular complexity index is 582. The van der Waals surface area contributed by atoms with E-state index in [1.807, 2.05) is 0 Å². The minimum atomic E-state index is -3.59. The summed E-state index contributed by atoms with van der Waals surface area (Å²) < 4.78 is 24.0. The van der Waals surface area contributed by atoms with E-state index in [0.29, 0.717) is 0 Å². The van der Waals surface area contributed by atoms with Crippen molar-refractivity contribution in [2.75, 3.05) is 0 Å². The van der Waals surface area contributed by atoms with Gasteiger partial charge in [-0.05, 0) is 24.3 Å². The fourth-order valence-corrected chi connectivity index (χ4v) is 2.42. The number of sulfone groups is 1. The van der Waals surface area contributed by atoms with Gasteiger partial charge in [-0.25, -0.2) is 8.42 Å². The topological polar surface area (TPSA) is 59.9 Å². The minimum Gasteiger partial charge on any atom is -0.217 e. The van der Waals surface area contributed by atoms with E-state index in [-0.39, 0.29) is 15.1 Å². The van der Waals surface area contributed by atoms with E-state index in [9.17, 15) is 8.42 Å². The lowest BCUT2D eigenvalue weighted by molar-refractivity contribution is 0.590. The van der Waals surface area contributed by atoms with Crippen molar-refractivity contribution < 1.29 is 8.42 Å². The van der Waals surface area contributed by atoms with Gasteiger partial charge < -0.3 is 0 Å². The molecule has 0 saturated heterocycles. The van der Waals surface area contributed by atoms with Gasteiger partial charge in [0.15, 0.2) is 10.2 Å². The molecule has 0 amide bonds. The molecule has 6 heteroatoms. The molecule has 0 fully saturated rings. The smallest absolute Gasteiger partial charge is 0.217 e. The molecule has 1 aromatic heterocycles. The SMILES string of the molecule is O=S(=O)(c1ccccc1)c1ccc(Cl)nn1. The molecule has 0 bridgehead atoms. The fraction of sp³-hybridized carbons (Fsp3) is 0. The van der Waals surface area contributed by atoms with Crippen LogP contribution >= 0.6 is 11.6 Å². The van der Waals surface area contributed by atoms with Gasteiger partial charge in [0.2, 0.25) is 9.84 Å². The second-order valence-corrected chi connectivity index (χ2v) is 5.29. The summed E-state index contributed by atoms with van der Waals surface area (Å²) >= 11 is 5.54. The average molecular weight is 255 g/mol. The summed E-state index contributed by atoms with van der Waals surface area (Å²) in [6.45, 7) is 0. The Hall–Kier alpha value is -1.46. The molecule has 1 heterocycles. The van der Waals surface area contributed by atoms with E-state index >= 15 is 0 Å². The number of nitrogens with zero attached hydrogens (tertiary/aromatic N) is 2. The molecule has 16 heavy (non-hydrogen) atoms. The molecule has 0 spiro atoms. The molecule has 2 aromatic rings. The zero-order valence-electron chi connectivity index (χ0n) is 8.04. The Kier molecular flexibility index (Phi) is 2.89. The van der Waals surface area contributed by atoms with Gasteiger partial charge >= 0.3 is 0 Å². The highest BCUT2D eigenvalue weighted by Gasteiger charge is 2.18. The Morgan fingerprint density at radius 2 is 1.62 bits per heavy atom. The molecule has 0 aliphatic carbocycles. The van der Waals surface area contributed by atoms with Gasteiger partial charge in [0.25, 0.3) is 0 Å². The van der Waals surface area contributed by atoms with Crippen molar-refractivity contribution in [2.24, 2.45) is 0 Å². The van der Waals surface area contributed by atoms with Gasteiger partial charge in [-0.2, -0.15) is 0 Å². The van der Waals surface area contributed by atoms with Crippen molar-refractivity contribution in [3.8, 4) is 0 Å². The normalized spacial score (nSPS) is 11.3. The lowest BCUT2D eigenvalue weighted by atomic mass is 10.4. The summed E-state index contributed by atoms with van der Waals surface area (Å²) in [5.41, 5.74) is 0. The summed E-state index contributed by atoms with van der Waals surface area (Å²) in [6.07, 6.45) is 0. The van der Waals surface area contributed by atoms with Crippen LogP contribution in [0.15, 0.2) is 52.4 Å². The Balaban J connectivity index is 2.52. The second kappa shape index (κ2) is 4.19. The van der Waals surface area contributed by atoms with E-state index in [1.165, 1.54) is 24.3 Å².